The Bertz CT molecular complexity index is 1570. The van der Waals surface area contributed by atoms with Crippen LogP contribution in [0.4, 0.5) is 0 Å². The van der Waals surface area contributed by atoms with Gasteiger partial charge in [0.05, 0.1) is 0 Å². The molecule has 1 nitrogen and oxygen atoms in total. The van der Waals surface area contributed by atoms with Crippen molar-refractivity contribution in [3.8, 4) is 0 Å². The van der Waals surface area contributed by atoms with E-state index in [1.54, 1.807) is 0 Å². The fourth-order valence-electron chi connectivity index (χ4n) is 5.56. The summed E-state index contributed by atoms with van der Waals surface area (Å²) in [4.78, 5) is 0. The van der Waals surface area contributed by atoms with Crippen LogP contribution in [0.15, 0.2) is 182 Å². The SMILES string of the molecule is O=P(c1ccccc1)(c1ccccc1)[C-](P(=S)(c1ccccc1)c1ccccc1)P(=S)(c1ccccc1)c1ccccc1. The molecule has 212 valence electrons. The molecule has 0 aliphatic carbocycles. The van der Waals surface area contributed by atoms with E-state index in [1.165, 1.54) is 0 Å². The molecule has 6 rings (SSSR count). The van der Waals surface area contributed by atoms with Crippen LogP contribution in [0.3, 0.4) is 0 Å². The summed E-state index contributed by atoms with van der Waals surface area (Å²) in [6.45, 7) is 0. The molecule has 0 saturated heterocycles. The maximum absolute atomic E-state index is 16.8. The van der Waals surface area contributed by atoms with Crippen LogP contribution in [0.1, 0.15) is 0 Å². The highest BCUT2D eigenvalue weighted by atomic mass is 32.5. The third-order valence-corrected chi connectivity index (χ3v) is 25.9. The van der Waals surface area contributed by atoms with Gasteiger partial charge in [0.1, 0.15) is 0 Å². The summed E-state index contributed by atoms with van der Waals surface area (Å²) in [5.74, 6) is 0. The first-order valence-corrected chi connectivity index (χ1v) is 21.3. The molecule has 0 fully saturated rings. The van der Waals surface area contributed by atoms with Crippen molar-refractivity contribution in [3.63, 3.8) is 0 Å². The first kappa shape index (κ1) is 29.9. The molecule has 0 saturated carbocycles. The third kappa shape index (κ3) is 5.40. The van der Waals surface area contributed by atoms with E-state index in [9.17, 15) is 0 Å². The van der Waals surface area contributed by atoms with Gasteiger partial charge in [0.2, 0.25) is 0 Å². The molecule has 0 spiro atoms. The topological polar surface area (TPSA) is 17.1 Å². The van der Waals surface area contributed by atoms with Gasteiger partial charge in [-0.2, -0.15) is 0 Å². The van der Waals surface area contributed by atoms with Gasteiger partial charge < -0.3 is 4.57 Å². The Morgan fingerprint density at radius 1 is 0.326 bits per heavy atom. The molecule has 0 unspecified atom stereocenters. The van der Waals surface area contributed by atoms with Crippen LogP contribution in [0, 0.1) is 5.14 Å². The Hall–Kier alpha value is -3.15. The van der Waals surface area contributed by atoms with Crippen LogP contribution >= 0.6 is 19.2 Å². The second kappa shape index (κ2) is 12.8. The molecule has 0 aliphatic heterocycles. The number of rotatable bonds is 9. The van der Waals surface area contributed by atoms with Crippen molar-refractivity contribution in [1.82, 2.24) is 0 Å². The van der Waals surface area contributed by atoms with Crippen LogP contribution in [0.25, 0.3) is 0 Å². The van der Waals surface area contributed by atoms with Crippen LogP contribution < -0.4 is 31.8 Å². The van der Waals surface area contributed by atoms with E-state index >= 15 is 4.57 Å². The van der Waals surface area contributed by atoms with Crippen LogP contribution in [-0.2, 0) is 28.2 Å². The molecule has 43 heavy (non-hydrogen) atoms. The molecule has 0 aromatic heterocycles. The predicted octanol–water partition coefficient (Wildman–Crippen LogP) is 7.71. The van der Waals surface area contributed by atoms with Crippen molar-refractivity contribution < 1.29 is 4.57 Å². The second-order valence-electron chi connectivity index (χ2n) is 10.1. The molecular weight excluding hydrogens is 617 g/mol. The van der Waals surface area contributed by atoms with Crippen LogP contribution in [0.2, 0.25) is 0 Å². The summed E-state index contributed by atoms with van der Waals surface area (Å²) in [5, 5.41) is 6.25. The average Bonchev–Trinajstić information content (AvgIpc) is 3.10. The highest BCUT2D eigenvalue weighted by Gasteiger charge is 2.43. The van der Waals surface area contributed by atoms with Crippen molar-refractivity contribution in [2.75, 3.05) is 0 Å². The molecule has 0 atom stereocenters. The largest absolute Gasteiger partial charge is 0.347 e. The first-order valence-electron chi connectivity index (χ1n) is 14.0. The van der Waals surface area contributed by atoms with E-state index in [0.29, 0.717) is 0 Å². The molecule has 0 bridgehead atoms. The smallest absolute Gasteiger partial charge is 0.0236 e. The predicted molar refractivity (Wildman–Crippen MR) is 196 cm³/mol. The highest BCUT2D eigenvalue weighted by molar-refractivity contribution is 8.40. The van der Waals surface area contributed by atoms with E-state index < -0.39 is 19.2 Å². The Labute approximate surface area is 265 Å². The summed E-state index contributed by atoms with van der Waals surface area (Å²) in [5.41, 5.74) is 0. The average molecular weight is 648 g/mol. The van der Waals surface area contributed by atoms with Crippen molar-refractivity contribution in [2.24, 2.45) is 0 Å². The van der Waals surface area contributed by atoms with E-state index in [0.717, 1.165) is 37.0 Å². The lowest BCUT2D eigenvalue weighted by Gasteiger charge is -2.56. The third-order valence-electron chi connectivity index (χ3n) is 7.56. The van der Waals surface area contributed by atoms with E-state index in [-0.39, 0.29) is 0 Å². The van der Waals surface area contributed by atoms with Crippen molar-refractivity contribution in [1.29, 1.82) is 0 Å². The fraction of sp³-hybridized carbons (Fsp3) is 0. The van der Waals surface area contributed by atoms with E-state index in [2.05, 4.69) is 48.5 Å². The molecule has 6 aromatic rings. The van der Waals surface area contributed by atoms with Gasteiger partial charge in [-0.25, -0.2) is 0 Å². The maximum atomic E-state index is 16.8. The zero-order chi connectivity index (χ0) is 29.8. The van der Waals surface area contributed by atoms with Gasteiger partial charge >= 0.3 is 0 Å². The number of hydrogen-bond donors (Lipinski definition) is 0. The molecular formula is C37H30OP3S2-. The summed E-state index contributed by atoms with van der Waals surface area (Å²) < 4.78 is 16.8. The van der Waals surface area contributed by atoms with Crippen molar-refractivity contribution in [2.45, 2.75) is 0 Å². The van der Waals surface area contributed by atoms with Crippen molar-refractivity contribution >= 4 is 74.7 Å². The maximum Gasteiger partial charge on any atom is 0.0236 e. The lowest BCUT2D eigenvalue weighted by Crippen LogP contribution is -2.33. The Morgan fingerprint density at radius 3 is 0.721 bits per heavy atom. The summed E-state index contributed by atoms with van der Waals surface area (Å²) in [6.07, 6.45) is 0. The minimum atomic E-state index is -3.63. The second-order valence-corrected chi connectivity index (χ2v) is 22.6. The molecule has 0 radical (unpaired) electrons. The summed E-state index contributed by atoms with van der Waals surface area (Å²) in [6, 6.07) is 54.8. The zero-order valence-electron chi connectivity index (χ0n) is 23.4. The monoisotopic (exact) mass is 647 g/mol. The highest BCUT2D eigenvalue weighted by Crippen LogP contribution is 2.85. The van der Waals surface area contributed by atoms with Gasteiger partial charge in [-0.1, -0.05) is 182 Å². The van der Waals surface area contributed by atoms with Gasteiger partial charge in [0.25, 0.3) is 0 Å². The first-order chi connectivity index (χ1) is 21.0. The molecule has 0 aliphatic rings. The van der Waals surface area contributed by atoms with Gasteiger partial charge in [0, 0.05) is 7.14 Å². The van der Waals surface area contributed by atoms with Crippen LogP contribution in [0.5, 0.6) is 0 Å². The minimum absolute atomic E-state index is 0.748. The molecule has 0 amide bonds. The van der Waals surface area contributed by atoms with Gasteiger partial charge in [-0.05, 0) is 31.8 Å². The van der Waals surface area contributed by atoms with Gasteiger partial charge in [0.15, 0.2) is 0 Å². The normalized spacial score (nSPS) is 12.2. The molecule has 0 N–H and O–H groups in total. The summed E-state index contributed by atoms with van der Waals surface area (Å²) >= 11 is 14.2. The minimum Gasteiger partial charge on any atom is -0.347 e. The number of hydrogen-bond acceptors (Lipinski definition) is 3. The standard InChI is InChI=1S/C37H30OP3S2/c38-39(31-19-7-1-8-20-31,32-21-9-2-10-22-32)37(40(42,33-23-11-3-12-24-33)34-25-13-4-14-26-34)41(43,35-27-15-5-16-28-35)36-29-17-6-18-30-36/h1-30H/q-1. The lowest BCUT2D eigenvalue weighted by atomic mass is 10.4. The Morgan fingerprint density at radius 2 is 0.512 bits per heavy atom. The summed E-state index contributed by atoms with van der Waals surface area (Å²) in [7, 11) is -3.63. The van der Waals surface area contributed by atoms with Gasteiger partial charge in [-0.3, -0.25) is 0 Å². The lowest BCUT2D eigenvalue weighted by molar-refractivity contribution is 0.591. The van der Waals surface area contributed by atoms with E-state index in [1.807, 2.05) is 133 Å². The molecule has 6 aromatic carbocycles. The van der Waals surface area contributed by atoms with Crippen LogP contribution in [-0.4, -0.2) is 0 Å². The van der Waals surface area contributed by atoms with E-state index in [4.69, 9.17) is 23.6 Å². The fourth-order valence-corrected chi connectivity index (χ4v) is 26.5. The van der Waals surface area contributed by atoms with Crippen molar-refractivity contribution in [3.05, 3.63) is 187 Å². The zero-order valence-corrected chi connectivity index (χ0v) is 27.7. The quantitative estimate of drug-likeness (QED) is 0.118. The Balaban J connectivity index is 1.86. The Kier molecular flexibility index (Phi) is 8.93. The molecule has 6 heteroatoms. The number of benzene rings is 6. The van der Waals surface area contributed by atoms with Gasteiger partial charge in [-0.15, -0.1) is 40.8 Å². The molecule has 0 heterocycles.